The third-order valence-corrected chi connectivity index (χ3v) is 2.27. The fraction of sp³-hybridized carbons (Fsp3) is 0.625. The van der Waals surface area contributed by atoms with Gasteiger partial charge in [0.05, 0.1) is 13.0 Å². The number of guanidine groups is 1. The van der Waals surface area contributed by atoms with Crippen molar-refractivity contribution in [2.45, 2.75) is 19.3 Å². The van der Waals surface area contributed by atoms with Crippen molar-refractivity contribution in [2.75, 3.05) is 12.3 Å². The molecule has 0 aromatic heterocycles. The molecule has 0 spiro atoms. The van der Waals surface area contributed by atoms with E-state index in [9.17, 15) is 9.59 Å². The maximum atomic E-state index is 10.2. The Morgan fingerprint density at radius 3 is 2.44 bits per heavy atom. The third kappa shape index (κ3) is 10.6. The number of nitrogens with one attached hydrogen (secondary N) is 1. The highest BCUT2D eigenvalue weighted by Crippen LogP contribution is 1.99. The zero-order valence-corrected chi connectivity index (χ0v) is 9.50. The minimum absolute atomic E-state index is 0.0634. The van der Waals surface area contributed by atoms with E-state index in [0.717, 1.165) is 0 Å². The molecular weight excluding hydrogens is 234 g/mol. The van der Waals surface area contributed by atoms with Gasteiger partial charge in [0.1, 0.15) is 0 Å². The molecule has 0 atom stereocenters. The van der Waals surface area contributed by atoms with Crippen molar-refractivity contribution in [1.82, 2.24) is 4.72 Å². The van der Waals surface area contributed by atoms with E-state index in [2.05, 4.69) is 9.71 Å². The topological polar surface area (TPSA) is 125 Å². The minimum atomic E-state index is -0.925. The predicted octanol–water partition coefficient (Wildman–Crippen LogP) is -0.122. The van der Waals surface area contributed by atoms with Gasteiger partial charge < -0.3 is 20.7 Å². The molecule has 92 valence electrons. The van der Waals surface area contributed by atoms with Crippen LogP contribution in [0.25, 0.3) is 0 Å². The Hall–Kier alpha value is -1.44. The monoisotopic (exact) mass is 249 g/mol. The number of rotatable bonds is 8. The van der Waals surface area contributed by atoms with Gasteiger partial charge >= 0.3 is 11.9 Å². The Labute approximate surface area is 97.2 Å². The van der Waals surface area contributed by atoms with E-state index in [1.54, 1.807) is 0 Å². The zero-order valence-electron chi connectivity index (χ0n) is 8.68. The molecule has 0 saturated carbocycles. The second-order valence-electron chi connectivity index (χ2n) is 2.86. The molecule has 0 aliphatic carbocycles. The molecule has 16 heavy (non-hydrogen) atoms. The fourth-order valence-electron chi connectivity index (χ4n) is 0.725. The van der Waals surface area contributed by atoms with Crippen LogP contribution in [-0.2, 0) is 9.59 Å². The maximum Gasteiger partial charge on any atom is 0.305 e. The van der Waals surface area contributed by atoms with Crippen molar-refractivity contribution in [3.8, 4) is 0 Å². The van der Waals surface area contributed by atoms with E-state index in [1.807, 2.05) is 0 Å². The van der Waals surface area contributed by atoms with Gasteiger partial charge in [0.15, 0.2) is 5.96 Å². The largest absolute Gasteiger partial charge is 0.481 e. The SMILES string of the molecule is NC(=NCCC(=O)O)NSCCCC(=O)O. The second-order valence-corrected chi connectivity index (χ2v) is 3.76. The van der Waals surface area contributed by atoms with E-state index in [4.69, 9.17) is 15.9 Å². The van der Waals surface area contributed by atoms with Crippen LogP contribution in [0, 0.1) is 0 Å². The Kier molecular flexibility index (Phi) is 8.04. The Bertz CT molecular complexity index is 270. The van der Waals surface area contributed by atoms with Gasteiger partial charge in [-0.1, -0.05) is 11.9 Å². The number of aliphatic carboxylic acids is 2. The summed E-state index contributed by atoms with van der Waals surface area (Å²) in [4.78, 5) is 24.1. The molecule has 0 aromatic rings. The molecule has 5 N–H and O–H groups in total. The van der Waals surface area contributed by atoms with Crippen LogP contribution in [0.2, 0.25) is 0 Å². The summed E-state index contributed by atoms with van der Waals surface area (Å²) in [6, 6.07) is 0. The minimum Gasteiger partial charge on any atom is -0.481 e. The predicted molar refractivity (Wildman–Crippen MR) is 61.2 cm³/mol. The summed E-state index contributed by atoms with van der Waals surface area (Å²) < 4.78 is 2.69. The Balaban J connectivity index is 3.45. The van der Waals surface area contributed by atoms with Crippen LogP contribution in [0.15, 0.2) is 4.99 Å². The van der Waals surface area contributed by atoms with E-state index >= 15 is 0 Å². The molecule has 0 heterocycles. The number of carboxylic acid groups (broad SMARTS) is 2. The lowest BCUT2D eigenvalue weighted by molar-refractivity contribution is -0.137. The average Bonchev–Trinajstić information content (AvgIpc) is 2.16. The molecule has 0 radical (unpaired) electrons. The lowest BCUT2D eigenvalue weighted by atomic mass is 10.3. The van der Waals surface area contributed by atoms with Gasteiger partial charge in [-0.25, -0.2) is 0 Å². The summed E-state index contributed by atoms with van der Waals surface area (Å²) in [6.45, 7) is 0.129. The second kappa shape index (κ2) is 8.84. The van der Waals surface area contributed by atoms with Crippen LogP contribution in [0.3, 0.4) is 0 Å². The summed E-state index contributed by atoms with van der Waals surface area (Å²) in [5, 5.41) is 16.7. The van der Waals surface area contributed by atoms with E-state index in [0.29, 0.717) is 12.2 Å². The van der Waals surface area contributed by atoms with E-state index in [-0.39, 0.29) is 25.3 Å². The highest BCUT2D eigenvalue weighted by molar-refractivity contribution is 7.97. The van der Waals surface area contributed by atoms with Crippen molar-refractivity contribution < 1.29 is 19.8 Å². The first-order chi connectivity index (χ1) is 7.52. The first kappa shape index (κ1) is 14.6. The number of hydrogen-bond donors (Lipinski definition) is 4. The van der Waals surface area contributed by atoms with Crippen molar-refractivity contribution in [3.05, 3.63) is 0 Å². The van der Waals surface area contributed by atoms with E-state index < -0.39 is 11.9 Å². The number of hydrogen-bond acceptors (Lipinski definition) is 4. The van der Waals surface area contributed by atoms with Crippen LogP contribution in [-0.4, -0.2) is 40.4 Å². The Morgan fingerprint density at radius 1 is 1.25 bits per heavy atom. The van der Waals surface area contributed by atoms with Crippen LogP contribution in [0.1, 0.15) is 19.3 Å². The molecular formula is C8H15N3O4S. The maximum absolute atomic E-state index is 10.2. The molecule has 0 aromatic carbocycles. The van der Waals surface area contributed by atoms with Crippen LogP contribution >= 0.6 is 11.9 Å². The molecule has 0 rings (SSSR count). The van der Waals surface area contributed by atoms with Crippen LogP contribution in [0.4, 0.5) is 0 Å². The number of nitrogens with two attached hydrogens (primary N) is 1. The Morgan fingerprint density at radius 2 is 1.88 bits per heavy atom. The van der Waals surface area contributed by atoms with Gasteiger partial charge in [-0.05, 0) is 6.42 Å². The summed E-state index contributed by atoms with van der Waals surface area (Å²) in [5.41, 5.74) is 5.41. The lowest BCUT2D eigenvalue weighted by Gasteiger charge is -2.03. The quantitative estimate of drug-likeness (QED) is 0.204. The molecule has 0 aliphatic heterocycles. The molecule has 0 aliphatic rings. The van der Waals surface area contributed by atoms with Crippen molar-refractivity contribution in [3.63, 3.8) is 0 Å². The smallest absolute Gasteiger partial charge is 0.305 e. The third-order valence-electron chi connectivity index (χ3n) is 1.42. The van der Waals surface area contributed by atoms with Crippen molar-refractivity contribution in [1.29, 1.82) is 0 Å². The number of nitrogens with zero attached hydrogens (tertiary/aromatic N) is 1. The summed E-state index contributed by atoms with van der Waals surface area (Å²) in [5.74, 6) is -1.00. The van der Waals surface area contributed by atoms with Gasteiger partial charge in [0.2, 0.25) is 0 Å². The molecule has 0 fully saturated rings. The fourth-order valence-corrected chi connectivity index (χ4v) is 1.33. The van der Waals surface area contributed by atoms with Crippen LogP contribution in [0.5, 0.6) is 0 Å². The van der Waals surface area contributed by atoms with Gasteiger partial charge in [-0.2, -0.15) is 0 Å². The molecule has 7 nitrogen and oxygen atoms in total. The summed E-state index contributed by atoms with van der Waals surface area (Å²) in [6.07, 6.45) is 0.589. The average molecular weight is 249 g/mol. The number of aliphatic imine (C=N–C) groups is 1. The zero-order chi connectivity index (χ0) is 12.4. The summed E-state index contributed by atoms with van der Waals surface area (Å²) >= 11 is 1.25. The van der Waals surface area contributed by atoms with Gasteiger partial charge in [-0.15, -0.1) is 0 Å². The van der Waals surface area contributed by atoms with Gasteiger partial charge in [0, 0.05) is 12.2 Å². The molecule has 8 heteroatoms. The highest BCUT2D eigenvalue weighted by Gasteiger charge is 1.98. The molecule has 0 saturated heterocycles. The van der Waals surface area contributed by atoms with Crippen LogP contribution < -0.4 is 10.5 Å². The highest BCUT2D eigenvalue weighted by atomic mass is 32.2. The van der Waals surface area contributed by atoms with Gasteiger partial charge in [-0.3, -0.25) is 14.6 Å². The van der Waals surface area contributed by atoms with E-state index in [1.165, 1.54) is 11.9 Å². The molecule has 0 amide bonds. The summed E-state index contributed by atoms with van der Waals surface area (Å²) in [7, 11) is 0. The lowest BCUT2D eigenvalue weighted by Crippen LogP contribution is -2.26. The normalized spacial score (nSPS) is 11.1. The number of carboxylic acids is 2. The first-order valence-corrected chi connectivity index (χ1v) is 5.62. The molecule has 0 unspecified atom stereocenters. The molecule has 0 bridgehead atoms. The van der Waals surface area contributed by atoms with Gasteiger partial charge in [0.25, 0.3) is 0 Å². The number of carbonyl (C=O) groups is 2. The van der Waals surface area contributed by atoms with Crippen molar-refractivity contribution in [2.24, 2.45) is 10.7 Å². The van der Waals surface area contributed by atoms with Crippen molar-refractivity contribution >= 4 is 29.8 Å². The first-order valence-electron chi connectivity index (χ1n) is 4.63. The standard InChI is InChI=1S/C8H15N3O4S/c9-8(10-4-3-7(14)15)11-16-5-1-2-6(12)13/h1-5H2,(H,12,13)(H,14,15)(H3,9,10,11).